The normalized spacial score (nSPS) is 10.6. The minimum atomic E-state index is -1.81. The number of hydrogen-bond acceptors (Lipinski definition) is 3. The summed E-state index contributed by atoms with van der Waals surface area (Å²) in [6, 6.07) is 19.2. The Morgan fingerprint density at radius 2 is 1.50 bits per heavy atom. The molecule has 0 saturated heterocycles. The Kier molecular flexibility index (Phi) is 4.14. The lowest BCUT2D eigenvalue weighted by atomic mass is 9.85. The molecule has 0 bridgehead atoms. The van der Waals surface area contributed by atoms with Crippen molar-refractivity contribution in [1.82, 2.24) is 5.32 Å². The van der Waals surface area contributed by atoms with Gasteiger partial charge in [0.15, 0.2) is 5.60 Å². The lowest BCUT2D eigenvalue weighted by Crippen LogP contribution is -2.45. The molecule has 100 valence electrons. The lowest BCUT2D eigenvalue weighted by Gasteiger charge is -2.27. The third-order valence-electron chi connectivity index (χ3n) is 3.04. The molecule has 2 aromatic carbocycles. The molecular weight excluding hydrogens is 252 g/mol. The summed E-state index contributed by atoms with van der Waals surface area (Å²) >= 11 is 0. The van der Waals surface area contributed by atoms with Crippen molar-refractivity contribution in [2.24, 2.45) is 0 Å². The van der Waals surface area contributed by atoms with E-state index in [9.17, 15) is 9.90 Å². The van der Waals surface area contributed by atoms with E-state index >= 15 is 0 Å². The van der Waals surface area contributed by atoms with Gasteiger partial charge in [0, 0.05) is 0 Å². The van der Waals surface area contributed by atoms with Gasteiger partial charge in [-0.1, -0.05) is 60.7 Å². The van der Waals surface area contributed by atoms with E-state index in [-0.39, 0.29) is 6.54 Å². The van der Waals surface area contributed by atoms with Crippen molar-refractivity contribution >= 4 is 5.91 Å². The highest BCUT2D eigenvalue weighted by Crippen LogP contribution is 2.29. The fourth-order valence-electron chi connectivity index (χ4n) is 2.04. The standard InChI is InChI=1S/C16H14N2O2/c17-11-12-18-15(19)16(20,13-7-3-1-4-8-13)14-9-5-2-6-10-14/h1-10,20H,12H2,(H,18,19). The van der Waals surface area contributed by atoms with E-state index in [2.05, 4.69) is 5.32 Å². The van der Waals surface area contributed by atoms with Gasteiger partial charge in [0.25, 0.3) is 5.91 Å². The molecule has 0 aromatic heterocycles. The third-order valence-corrected chi connectivity index (χ3v) is 3.04. The zero-order valence-corrected chi connectivity index (χ0v) is 10.8. The third kappa shape index (κ3) is 2.53. The molecule has 0 saturated carbocycles. The minimum absolute atomic E-state index is 0.152. The predicted octanol–water partition coefficient (Wildman–Crippen LogP) is 1.56. The van der Waals surface area contributed by atoms with E-state index in [1.165, 1.54) is 0 Å². The maximum Gasteiger partial charge on any atom is 0.262 e. The van der Waals surface area contributed by atoms with Crippen LogP contribution in [0.2, 0.25) is 0 Å². The average molecular weight is 266 g/mol. The number of carbonyl (C=O) groups is 1. The summed E-state index contributed by atoms with van der Waals surface area (Å²) in [5.74, 6) is -0.614. The first-order valence-corrected chi connectivity index (χ1v) is 6.18. The monoisotopic (exact) mass is 266 g/mol. The van der Waals surface area contributed by atoms with Crippen molar-refractivity contribution in [1.29, 1.82) is 5.26 Å². The van der Waals surface area contributed by atoms with E-state index < -0.39 is 11.5 Å². The van der Waals surface area contributed by atoms with Crippen molar-refractivity contribution in [2.75, 3.05) is 6.54 Å². The minimum Gasteiger partial charge on any atom is -0.372 e. The number of nitrogens with zero attached hydrogens (tertiary/aromatic N) is 1. The number of nitrogens with one attached hydrogen (secondary N) is 1. The highest BCUT2D eigenvalue weighted by Gasteiger charge is 2.39. The summed E-state index contributed by atoms with van der Waals surface area (Å²) in [4.78, 5) is 12.3. The summed E-state index contributed by atoms with van der Waals surface area (Å²) < 4.78 is 0. The van der Waals surface area contributed by atoms with E-state index in [1.54, 1.807) is 48.5 Å². The number of aliphatic hydroxyl groups is 1. The molecule has 20 heavy (non-hydrogen) atoms. The van der Waals surface area contributed by atoms with Gasteiger partial charge in [-0.25, -0.2) is 0 Å². The first-order chi connectivity index (χ1) is 9.69. The molecule has 0 aliphatic heterocycles. The molecule has 2 aromatic rings. The van der Waals surface area contributed by atoms with Crippen LogP contribution in [0.4, 0.5) is 0 Å². The van der Waals surface area contributed by atoms with E-state index in [0.29, 0.717) is 11.1 Å². The van der Waals surface area contributed by atoms with Crippen LogP contribution < -0.4 is 5.32 Å². The highest BCUT2D eigenvalue weighted by molar-refractivity contribution is 5.90. The van der Waals surface area contributed by atoms with Gasteiger partial charge in [0.05, 0.1) is 6.07 Å². The molecule has 0 heterocycles. The van der Waals surface area contributed by atoms with Crippen LogP contribution in [-0.2, 0) is 10.4 Å². The van der Waals surface area contributed by atoms with Crippen molar-refractivity contribution in [3.8, 4) is 6.07 Å². The Labute approximate surface area is 117 Å². The molecule has 4 heteroatoms. The second-order valence-corrected chi connectivity index (χ2v) is 4.28. The molecule has 0 radical (unpaired) electrons. The van der Waals surface area contributed by atoms with Crippen LogP contribution in [0.3, 0.4) is 0 Å². The number of rotatable bonds is 4. The highest BCUT2D eigenvalue weighted by atomic mass is 16.3. The number of benzene rings is 2. The summed E-state index contributed by atoms with van der Waals surface area (Å²) in [5.41, 5.74) is -0.886. The molecular formula is C16H14N2O2. The number of hydrogen-bond donors (Lipinski definition) is 2. The van der Waals surface area contributed by atoms with Gasteiger partial charge in [-0.15, -0.1) is 0 Å². The smallest absolute Gasteiger partial charge is 0.262 e. The molecule has 0 aliphatic rings. The SMILES string of the molecule is N#CCNC(=O)C(O)(c1ccccc1)c1ccccc1. The second-order valence-electron chi connectivity index (χ2n) is 4.28. The molecule has 0 spiro atoms. The zero-order valence-electron chi connectivity index (χ0n) is 10.8. The quantitative estimate of drug-likeness (QED) is 0.825. The van der Waals surface area contributed by atoms with Gasteiger partial charge < -0.3 is 10.4 Å². The number of carbonyl (C=O) groups excluding carboxylic acids is 1. The van der Waals surface area contributed by atoms with Crippen molar-refractivity contribution in [2.45, 2.75) is 5.60 Å². The van der Waals surface area contributed by atoms with Crippen molar-refractivity contribution < 1.29 is 9.90 Å². The maximum atomic E-state index is 12.3. The summed E-state index contributed by atoms with van der Waals surface area (Å²) in [7, 11) is 0. The van der Waals surface area contributed by atoms with Crippen LogP contribution in [0, 0.1) is 11.3 Å². The summed E-state index contributed by atoms with van der Waals surface area (Å²) in [6.07, 6.45) is 0. The number of amides is 1. The molecule has 2 N–H and O–H groups in total. The largest absolute Gasteiger partial charge is 0.372 e. The topological polar surface area (TPSA) is 73.1 Å². The van der Waals surface area contributed by atoms with Gasteiger partial charge >= 0.3 is 0 Å². The fourth-order valence-corrected chi connectivity index (χ4v) is 2.04. The van der Waals surface area contributed by atoms with Crippen LogP contribution in [0.1, 0.15) is 11.1 Å². The summed E-state index contributed by atoms with van der Waals surface area (Å²) in [5, 5.41) is 21.9. The first kappa shape index (κ1) is 13.8. The van der Waals surface area contributed by atoms with Crippen LogP contribution in [0.25, 0.3) is 0 Å². The molecule has 0 unspecified atom stereocenters. The Hall–Kier alpha value is -2.64. The van der Waals surface area contributed by atoms with Crippen molar-refractivity contribution in [3.63, 3.8) is 0 Å². The Morgan fingerprint density at radius 1 is 1.05 bits per heavy atom. The fraction of sp³-hybridized carbons (Fsp3) is 0.125. The van der Waals surface area contributed by atoms with Gasteiger partial charge in [-0.3, -0.25) is 4.79 Å². The predicted molar refractivity (Wildman–Crippen MR) is 74.5 cm³/mol. The van der Waals surface area contributed by atoms with Gasteiger partial charge in [0.2, 0.25) is 0 Å². The zero-order chi connectivity index (χ0) is 14.4. The average Bonchev–Trinajstić information content (AvgIpc) is 2.53. The molecule has 0 atom stereocenters. The van der Waals surface area contributed by atoms with E-state index in [4.69, 9.17) is 5.26 Å². The maximum absolute atomic E-state index is 12.3. The van der Waals surface area contributed by atoms with Gasteiger partial charge in [-0.2, -0.15) is 5.26 Å². The Bertz CT molecular complexity index is 578. The van der Waals surface area contributed by atoms with Crippen LogP contribution in [0.15, 0.2) is 60.7 Å². The summed E-state index contributed by atoms with van der Waals surface area (Å²) in [6.45, 7) is -0.152. The Morgan fingerprint density at radius 3 is 1.90 bits per heavy atom. The molecule has 0 aliphatic carbocycles. The van der Waals surface area contributed by atoms with Crippen LogP contribution >= 0.6 is 0 Å². The lowest BCUT2D eigenvalue weighted by molar-refractivity contribution is -0.136. The molecule has 1 amide bonds. The van der Waals surface area contributed by atoms with Crippen molar-refractivity contribution in [3.05, 3.63) is 71.8 Å². The first-order valence-electron chi connectivity index (χ1n) is 6.18. The van der Waals surface area contributed by atoms with E-state index in [0.717, 1.165) is 0 Å². The van der Waals surface area contributed by atoms with Gasteiger partial charge in [-0.05, 0) is 11.1 Å². The second kappa shape index (κ2) is 6.00. The number of nitriles is 1. The van der Waals surface area contributed by atoms with E-state index in [1.807, 2.05) is 18.2 Å². The van der Waals surface area contributed by atoms with Crippen LogP contribution in [-0.4, -0.2) is 17.6 Å². The molecule has 4 nitrogen and oxygen atoms in total. The van der Waals surface area contributed by atoms with Crippen LogP contribution in [0.5, 0.6) is 0 Å². The molecule has 0 fully saturated rings. The Balaban J connectivity index is 2.50. The molecule has 2 rings (SSSR count). The van der Waals surface area contributed by atoms with Gasteiger partial charge in [0.1, 0.15) is 6.54 Å².